The SMILES string of the molecule is COc1cccc(O)c1C=O.O=C(c1ccccc1CCO)N1CCCCC1. The number of carbonyl (C=O) groups is 2. The van der Waals surface area contributed by atoms with Gasteiger partial charge in [-0.25, -0.2) is 0 Å². The van der Waals surface area contributed by atoms with Crippen LogP contribution in [-0.2, 0) is 6.42 Å². The number of ether oxygens (including phenoxy) is 1. The van der Waals surface area contributed by atoms with Crippen molar-refractivity contribution in [3.8, 4) is 11.5 Å². The largest absolute Gasteiger partial charge is 0.507 e. The zero-order chi connectivity index (χ0) is 20.4. The Hall–Kier alpha value is -2.86. The number of aldehydes is 1. The molecule has 3 rings (SSSR count). The van der Waals surface area contributed by atoms with E-state index in [4.69, 9.17) is 14.9 Å². The number of phenols is 1. The summed E-state index contributed by atoms with van der Waals surface area (Å²) in [5, 5.41) is 18.1. The van der Waals surface area contributed by atoms with Gasteiger partial charge in [0.1, 0.15) is 11.5 Å². The molecular formula is C22H27NO5. The maximum atomic E-state index is 12.3. The summed E-state index contributed by atoms with van der Waals surface area (Å²) >= 11 is 0. The molecule has 150 valence electrons. The number of phenolic OH excluding ortho intramolecular Hbond substituents is 1. The standard InChI is InChI=1S/C14H19NO2.C8H8O3/c16-11-8-12-6-2-3-7-13(12)14(17)15-9-4-1-5-10-15;1-11-8-4-2-3-7(10)6(8)5-9/h2-3,6-7,16H,1,4-5,8-11H2;2-5,10H,1H3. The lowest BCUT2D eigenvalue weighted by molar-refractivity contribution is 0.0723. The third-order valence-corrected chi connectivity index (χ3v) is 4.65. The number of piperidine rings is 1. The van der Waals surface area contributed by atoms with Crippen LogP contribution < -0.4 is 4.74 Å². The van der Waals surface area contributed by atoms with Gasteiger partial charge in [0.15, 0.2) is 6.29 Å². The zero-order valence-corrected chi connectivity index (χ0v) is 16.1. The lowest BCUT2D eigenvalue weighted by Gasteiger charge is -2.27. The number of nitrogens with zero attached hydrogens (tertiary/aromatic N) is 1. The molecule has 1 aliphatic rings. The van der Waals surface area contributed by atoms with Crippen LogP contribution in [0.4, 0.5) is 0 Å². The first-order valence-corrected chi connectivity index (χ1v) is 9.41. The first kappa shape index (κ1) is 21.4. The second kappa shape index (κ2) is 11.1. The first-order chi connectivity index (χ1) is 13.6. The van der Waals surface area contributed by atoms with Gasteiger partial charge in [0, 0.05) is 25.3 Å². The quantitative estimate of drug-likeness (QED) is 0.773. The maximum absolute atomic E-state index is 12.3. The average molecular weight is 385 g/mol. The average Bonchev–Trinajstić information content (AvgIpc) is 2.74. The van der Waals surface area contributed by atoms with E-state index in [0.717, 1.165) is 37.1 Å². The molecule has 0 radical (unpaired) electrons. The summed E-state index contributed by atoms with van der Waals surface area (Å²) < 4.78 is 4.83. The highest BCUT2D eigenvalue weighted by Gasteiger charge is 2.19. The number of aliphatic hydroxyl groups excluding tert-OH is 1. The molecule has 2 aromatic rings. The van der Waals surface area contributed by atoms with Crippen LogP contribution in [0.2, 0.25) is 0 Å². The minimum atomic E-state index is -0.0562. The number of carbonyl (C=O) groups excluding carboxylic acids is 2. The van der Waals surface area contributed by atoms with Crippen molar-refractivity contribution < 1.29 is 24.5 Å². The molecule has 6 nitrogen and oxygen atoms in total. The van der Waals surface area contributed by atoms with E-state index >= 15 is 0 Å². The molecule has 0 unspecified atom stereocenters. The Bertz CT molecular complexity index is 784. The van der Waals surface area contributed by atoms with Gasteiger partial charge in [-0.1, -0.05) is 24.3 Å². The van der Waals surface area contributed by atoms with Crippen molar-refractivity contribution in [1.82, 2.24) is 4.90 Å². The third-order valence-electron chi connectivity index (χ3n) is 4.65. The highest BCUT2D eigenvalue weighted by Crippen LogP contribution is 2.24. The van der Waals surface area contributed by atoms with Crippen LogP contribution in [0.15, 0.2) is 42.5 Å². The Morgan fingerprint density at radius 1 is 1.11 bits per heavy atom. The van der Waals surface area contributed by atoms with Gasteiger partial charge < -0.3 is 19.8 Å². The number of methoxy groups -OCH3 is 1. The Kier molecular flexibility index (Phi) is 8.49. The van der Waals surface area contributed by atoms with Gasteiger partial charge in [-0.3, -0.25) is 9.59 Å². The van der Waals surface area contributed by atoms with E-state index in [1.165, 1.54) is 19.6 Å². The molecule has 0 aliphatic carbocycles. The molecule has 1 saturated heterocycles. The van der Waals surface area contributed by atoms with E-state index in [1.54, 1.807) is 12.1 Å². The smallest absolute Gasteiger partial charge is 0.254 e. The van der Waals surface area contributed by atoms with Gasteiger partial charge in [0.2, 0.25) is 0 Å². The number of hydrogen-bond donors (Lipinski definition) is 2. The molecule has 1 aliphatic heterocycles. The van der Waals surface area contributed by atoms with E-state index in [1.807, 2.05) is 29.2 Å². The molecule has 0 bridgehead atoms. The highest BCUT2D eigenvalue weighted by atomic mass is 16.5. The summed E-state index contributed by atoms with van der Waals surface area (Å²) in [4.78, 5) is 24.6. The monoisotopic (exact) mass is 385 g/mol. The normalized spacial score (nSPS) is 13.3. The van der Waals surface area contributed by atoms with Crippen molar-refractivity contribution in [2.75, 3.05) is 26.8 Å². The maximum Gasteiger partial charge on any atom is 0.254 e. The fourth-order valence-electron chi connectivity index (χ4n) is 3.16. The Labute approximate surface area is 165 Å². The summed E-state index contributed by atoms with van der Waals surface area (Å²) in [6.07, 6.45) is 4.55. The van der Waals surface area contributed by atoms with Crippen LogP contribution >= 0.6 is 0 Å². The van der Waals surface area contributed by atoms with Crippen LogP contribution in [0.25, 0.3) is 0 Å². The van der Waals surface area contributed by atoms with Gasteiger partial charge in [0.25, 0.3) is 5.91 Å². The van der Waals surface area contributed by atoms with Gasteiger partial charge in [-0.15, -0.1) is 0 Å². The molecule has 0 aromatic heterocycles. The Morgan fingerprint density at radius 2 is 1.82 bits per heavy atom. The number of aliphatic hydroxyl groups is 1. The Morgan fingerprint density at radius 3 is 2.43 bits per heavy atom. The number of likely N-dealkylation sites (tertiary alicyclic amines) is 1. The second-order valence-electron chi connectivity index (χ2n) is 6.49. The fourth-order valence-corrected chi connectivity index (χ4v) is 3.16. The van der Waals surface area contributed by atoms with Crippen molar-refractivity contribution >= 4 is 12.2 Å². The van der Waals surface area contributed by atoms with E-state index in [2.05, 4.69) is 0 Å². The van der Waals surface area contributed by atoms with Crippen molar-refractivity contribution in [1.29, 1.82) is 0 Å². The van der Waals surface area contributed by atoms with E-state index in [0.29, 0.717) is 18.5 Å². The fraction of sp³-hybridized carbons (Fsp3) is 0.364. The third kappa shape index (κ3) is 5.57. The minimum Gasteiger partial charge on any atom is -0.507 e. The molecule has 28 heavy (non-hydrogen) atoms. The molecule has 2 aromatic carbocycles. The second-order valence-corrected chi connectivity index (χ2v) is 6.49. The van der Waals surface area contributed by atoms with Gasteiger partial charge >= 0.3 is 0 Å². The van der Waals surface area contributed by atoms with E-state index in [9.17, 15) is 9.59 Å². The summed E-state index contributed by atoms with van der Waals surface area (Å²) in [5.41, 5.74) is 1.89. The minimum absolute atomic E-state index is 0.0562. The number of rotatable bonds is 5. The van der Waals surface area contributed by atoms with Crippen molar-refractivity contribution in [3.63, 3.8) is 0 Å². The molecule has 1 fully saturated rings. The summed E-state index contributed by atoms with van der Waals surface area (Å²) in [5.74, 6) is 0.452. The van der Waals surface area contributed by atoms with E-state index < -0.39 is 0 Å². The van der Waals surface area contributed by atoms with Crippen LogP contribution in [-0.4, -0.2) is 54.1 Å². The molecule has 0 spiro atoms. The van der Waals surface area contributed by atoms with Crippen molar-refractivity contribution in [2.24, 2.45) is 0 Å². The zero-order valence-electron chi connectivity index (χ0n) is 16.1. The molecular weight excluding hydrogens is 358 g/mol. The van der Waals surface area contributed by atoms with Gasteiger partial charge in [-0.2, -0.15) is 0 Å². The predicted octanol–water partition coefficient (Wildman–Crippen LogP) is 3.06. The number of benzene rings is 2. The molecule has 1 amide bonds. The van der Waals surface area contributed by atoms with Crippen molar-refractivity contribution in [3.05, 3.63) is 59.2 Å². The molecule has 0 atom stereocenters. The molecule has 2 N–H and O–H groups in total. The molecule has 0 saturated carbocycles. The predicted molar refractivity (Wildman–Crippen MR) is 107 cm³/mol. The lowest BCUT2D eigenvalue weighted by Crippen LogP contribution is -2.36. The summed E-state index contributed by atoms with van der Waals surface area (Å²) in [6.45, 7) is 1.82. The number of amides is 1. The lowest BCUT2D eigenvalue weighted by atomic mass is 10.0. The van der Waals surface area contributed by atoms with Crippen molar-refractivity contribution in [2.45, 2.75) is 25.7 Å². The van der Waals surface area contributed by atoms with Gasteiger partial charge in [-0.05, 0) is 49.4 Å². The number of hydrogen-bond acceptors (Lipinski definition) is 5. The summed E-state index contributed by atoms with van der Waals surface area (Å²) in [6, 6.07) is 12.3. The van der Waals surface area contributed by atoms with Crippen LogP contribution in [0, 0.1) is 0 Å². The highest BCUT2D eigenvalue weighted by molar-refractivity contribution is 5.95. The Balaban J connectivity index is 0.000000221. The molecule has 1 heterocycles. The topological polar surface area (TPSA) is 87.1 Å². The first-order valence-electron chi connectivity index (χ1n) is 9.41. The van der Waals surface area contributed by atoms with Crippen LogP contribution in [0.3, 0.4) is 0 Å². The number of aromatic hydroxyl groups is 1. The van der Waals surface area contributed by atoms with Crippen LogP contribution in [0.5, 0.6) is 11.5 Å². The van der Waals surface area contributed by atoms with Crippen LogP contribution in [0.1, 0.15) is 45.5 Å². The van der Waals surface area contributed by atoms with E-state index in [-0.39, 0.29) is 23.8 Å². The van der Waals surface area contributed by atoms with Gasteiger partial charge in [0.05, 0.1) is 12.7 Å². The molecule has 6 heteroatoms. The summed E-state index contributed by atoms with van der Waals surface area (Å²) in [7, 11) is 1.45.